The molecule has 2 aromatic rings. The van der Waals surface area contributed by atoms with Gasteiger partial charge in [-0.3, -0.25) is 4.79 Å². The van der Waals surface area contributed by atoms with E-state index in [2.05, 4.69) is 10.2 Å². The van der Waals surface area contributed by atoms with Crippen molar-refractivity contribution < 1.29 is 27.8 Å². The number of nitrogens with one attached hydrogen (secondary N) is 1. The van der Waals surface area contributed by atoms with Crippen LogP contribution in [0.3, 0.4) is 0 Å². The zero-order chi connectivity index (χ0) is 27.9. The number of aliphatic hydroxyl groups is 1. The third kappa shape index (κ3) is 5.19. The molecule has 6 nitrogen and oxygen atoms in total. The van der Waals surface area contributed by atoms with Gasteiger partial charge >= 0.3 is 6.18 Å². The molecule has 204 valence electrons. The number of nitriles is 1. The summed E-state index contributed by atoms with van der Waals surface area (Å²) >= 11 is 0. The second-order valence-electron chi connectivity index (χ2n) is 11.5. The number of carbonyl (C=O) groups is 1. The van der Waals surface area contributed by atoms with Gasteiger partial charge in [0.1, 0.15) is 11.9 Å². The highest BCUT2D eigenvalue weighted by Crippen LogP contribution is 2.55. The van der Waals surface area contributed by atoms with Crippen molar-refractivity contribution >= 4 is 11.6 Å². The number of amides is 1. The minimum Gasteiger partial charge on any atom is -0.489 e. The van der Waals surface area contributed by atoms with Gasteiger partial charge in [0.2, 0.25) is 0 Å². The van der Waals surface area contributed by atoms with Crippen LogP contribution in [-0.4, -0.2) is 42.9 Å². The second-order valence-corrected chi connectivity index (χ2v) is 11.5. The summed E-state index contributed by atoms with van der Waals surface area (Å²) in [5.41, 5.74) is -1.06. The Labute approximate surface area is 221 Å². The zero-order valence-corrected chi connectivity index (χ0v) is 22.1. The van der Waals surface area contributed by atoms with Crippen LogP contribution in [0.1, 0.15) is 62.0 Å². The summed E-state index contributed by atoms with van der Waals surface area (Å²) in [6, 6.07) is 12.1. The van der Waals surface area contributed by atoms with E-state index in [1.807, 2.05) is 39.8 Å². The molecule has 1 heterocycles. The monoisotopic (exact) mass is 529 g/mol. The first-order valence-corrected chi connectivity index (χ1v) is 12.8. The Bertz CT molecular complexity index is 1190. The van der Waals surface area contributed by atoms with Gasteiger partial charge in [-0.25, -0.2) is 0 Å². The van der Waals surface area contributed by atoms with Gasteiger partial charge in [-0.15, -0.1) is 0 Å². The lowest BCUT2D eigenvalue weighted by Crippen LogP contribution is -2.74. The number of hydrogen-bond acceptors (Lipinski definition) is 5. The summed E-state index contributed by atoms with van der Waals surface area (Å²) in [6.45, 7) is 9.62. The van der Waals surface area contributed by atoms with Crippen LogP contribution in [-0.2, 0) is 6.18 Å². The quantitative estimate of drug-likeness (QED) is 0.524. The molecule has 9 heteroatoms. The van der Waals surface area contributed by atoms with E-state index < -0.39 is 34.2 Å². The highest BCUT2D eigenvalue weighted by molar-refractivity contribution is 5.95. The van der Waals surface area contributed by atoms with E-state index in [1.54, 1.807) is 18.2 Å². The van der Waals surface area contributed by atoms with Crippen LogP contribution < -0.4 is 15.0 Å². The maximum absolute atomic E-state index is 13.4. The van der Waals surface area contributed by atoms with Gasteiger partial charge < -0.3 is 20.1 Å². The van der Waals surface area contributed by atoms with Gasteiger partial charge in [-0.1, -0.05) is 27.7 Å². The van der Waals surface area contributed by atoms with Gasteiger partial charge in [0.25, 0.3) is 5.91 Å². The van der Waals surface area contributed by atoms with Crippen molar-refractivity contribution in [1.82, 2.24) is 5.32 Å². The van der Waals surface area contributed by atoms with Crippen molar-refractivity contribution in [3.05, 3.63) is 59.2 Å². The fourth-order valence-corrected chi connectivity index (χ4v) is 6.28. The van der Waals surface area contributed by atoms with E-state index in [4.69, 9.17) is 10.00 Å². The first kappa shape index (κ1) is 27.8. The van der Waals surface area contributed by atoms with Crippen molar-refractivity contribution in [1.29, 1.82) is 5.26 Å². The summed E-state index contributed by atoms with van der Waals surface area (Å²) < 4.78 is 46.3. The highest BCUT2D eigenvalue weighted by Gasteiger charge is 2.64. The summed E-state index contributed by atoms with van der Waals surface area (Å²) in [6.07, 6.45) is -3.27. The van der Waals surface area contributed by atoms with Gasteiger partial charge in [0, 0.05) is 47.8 Å². The average molecular weight is 530 g/mol. The normalized spacial score (nSPS) is 22.8. The van der Waals surface area contributed by atoms with E-state index in [-0.39, 0.29) is 24.3 Å². The first-order valence-electron chi connectivity index (χ1n) is 12.8. The highest BCUT2D eigenvalue weighted by atomic mass is 19.4. The van der Waals surface area contributed by atoms with Crippen LogP contribution in [0.5, 0.6) is 5.75 Å². The SMILES string of the molecule is CC1(C)[C@H](NC(=O)c2ccc(N3CCC(CO)CC3)cc2)C(C)(C)[C@H]1Oc1ccc(C#N)c(C(F)(F)F)c1. The number of piperidine rings is 1. The molecule has 1 saturated heterocycles. The summed E-state index contributed by atoms with van der Waals surface area (Å²) in [4.78, 5) is 15.4. The van der Waals surface area contributed by atoms with E-state index >= 15 is 0 Å². The van der Waals surface area contributed by atoms with E-state index in [9.17, 15) is 23.1 Å². The van der Waals surface area contributed by atoms with E-state index in [1.165, 1.54) is 6.07 Å². The smallest absolute Gasteiger partial charge is 0.417 e. The van der Waals surface area contributed by atoms with Crippen molar-refractivity contribution in [2.75, 3.05) is 24.6 Å². The molecule has 0 atom stereocenters. The number of nitrogens with zero attached hydrogens (tertiary/aromatic N) is 2. The number of anilines is 1. The molecule has 1 amide bonds. The average Bonchev–Trinajstić information content (AvgIpc) is 2.89. The molecule has 1 aliphatic carbocycles. The van der Waals surface area contributed by atoms with Crippen LogP contribution in [0.15, 0.2) is 42.5 Å². The standard InChI is InChI=1S/C29H34F3N3O3/c1-27(2)25(28(3,4)26(27)38-22-10-7-20(16-33)23(15-22)29(30,31)32)34-24(37)19-5-8-21(9-6-19)35-13-11-18(17-36)12-14-35/h5-10,15,18,25-26,36H,11-14,17H2,1-4H3,(H,34,37)/t25-,26-. The minimum atomic E-state index is -4.67. The van der Waals surface area contributed by atoms with Crippen molar-refractivity contribution in [2.45, 2.75) is 58.9 Å². The maximum atomic E-state index is 13.4. The number of alkyl halides is 3. The Hall–Kier alpha value is -3.25. The number of halogens is 3. The van der Waals surface area contributed by atoms with E-state index in [0.717, 1.165) is 43.8 Å². The summed E-state index contributed by atoms with van der Waals surface area (Å²) in [5, 5.41) is 21.5. The van der Waals surface area contributed by atoms with Gasteiger partial charge in [0.05, 0.1) is 17.2 Å². The Balaban J connectivity index is 1.43. The number of aliphatic hydroxyl groups excluding tert-OH is 1. The Kier molecular flexibility index (Phi) is 7.41. The Morgan fingerprint density at radius 3 is 2.24 bits per heavy atom. The Morgan fingerprint density at radius 1 is 1.11 bits per heavy atom. The molecule has 0 bridgehead atoms. The molecule has 0 radical (unpaired) electrons. The van der Waals surface area contributed by atoms with Gasteiger partial charge in [0.15, 0.2) is 0 Å². The molecule has 2 aliphatic rings. The fourth-order valence-electron chi connectivity index (χ4n) is 6.28. The first-order chi connectivity index (χ1) is 17.8. The number of ether oxygens (including phenoxy) is 1. The lowest BCUT2D eigenvalue weighted by atomic mass is 9.49. The van der Waals surface area contributed by atoms with Crippen molar-refractivity contribution in [2.24, 2.45) is 16.7 Å². The molecular weight excluding hydrogens is 495 g/mol. The van der Waals surface area contributed by atoms with Gasteiger partial charge in [-0.05, 0) is 61.2 Å². The molecule has 0 spiro atoms. The van der Waals surface area contributed by atoms with E-state index in [0.29, 0.717) is 11.5 Å². The number of hydrogen-bond donors (Lipinski definition) is 2. The van der Waals surface area contributed by atoms with Crippen LogP contribution >= 0.6 is 0 Å². The zero-order valence-electron chi connectivity index (χ0n) is 22.1. The van der Waals surface area contributed by atoms with Gasteiger partial charge in [-0.2, -0.15) is 18.4 Å². The van der Waals surface area contributed by atoms with Crippen LogP contribution in [0.25, 0.3) is 0 Å². The molecule has 2 fully saturated rings. The van der Waals surface area contributed by atoms with Crippen LogP contribution in [0.4, 0.5) is 18.9 Å². The molecule has 1 aliphatic heterocycles. The molecule has 1 saturated carbocycles. The Morgan fingerprint density at radius 2 is 1.71 bits per heavy atom. The third-order valence-corrected chi connectivity index (χ3v) is 8.15. The second kappa shape index (κ2) is 10.1. The predicted octanol–water partition coefficient (Wildman–Crippen LogP) is 5.40. The third-order valence-electron chi connectivity index (χ3n) is 8.15. The summed E-state index contributed by atoms with van der Waals surface area (Å²) in [5.74, 6) is 0.158. The molecule has 38 heavy (non-hydrogen) atoms. The molecule has 0 aromatic heterocycles. The lowest BCUT2D eigenvalue weighted by Gasteiger charge is -2.63. The largest absolute Gasteiger partial charge is 0.489 e. The topological polar surface area (TPSA) is 85.6 Å². The van der Waals surface area contributed by atoms with Crippen molar-refractivity contribution in [3.8, 4) is 11.8 Å². The van der Waals surface area contributed by atoms with Crippen LogP contribution in [0.2, 0.25) is 0 Å². The lowest BCUT2D eigenvalue weighted by molar-refractivity contribution is -0.164. The van der Waals surface area contributed by atoms with Crippen LogP contribution in [0, 0.1) is 28.1 Å². The summed E-state index contributed by atoms with van der Waals surface area (Å²) in [7, 11) is 0. The molecule has 2 N–H and O–H groups in total. The minimum absolute atomic E-state index is 0.0332. The fraction of sp³-hybridized carbons (Fsp3) is 0.517. The number of carbonyl (C=O) groups excluding carboxylic acids is 1. The molecule has 4 rings (SSSR count). The molecule has 2 aromatic carbocycles. The molecule has 0 unspecified atom stereocenters. The molecular formula is C29H34F3N3O3. The number of benzene rings is 2. The van der Waals surface area contributed by atoms with Crippen molar-refractivity contribution in [3.63, 3.8) is 0 Å². The predicted molar refractivity (Wildman–Crippen MR) is 138 cm³/mol. The number of rotatable bonds is 6. The maximum Gasteiger partial charge on any atom is 0.417 e.